The second-order valence-electron chi connectivity index (χ2n) is 2.97. The average Bonchev–Trinajstić information content (AvgIpc) is 2.16. The molecule has 0 saturated heterocycles. The Bertz CT molecular complexity index is 420. The summed E-state index contributed by atoms with van der Waals surface area (Å²) in [4.78, 5) is 21.8. The van der Waals surface area contributed by atoms with E-state index in [1.807, 2.05) is 0 Å². The van der Waals surface area contributed by atoms with Gasteiger partial charge in [0.25, 0.3) is 5.69 Å². The third kappa shape index (κ3) is 2.28. The van der Waals surface area contributed by atoms with E-state index in [2.05, 4.69) is 0 Å². The molecule has 6 heteroatoms. The summed E-state index contributed by atoms with van der Waals surface area (Å²) in [7, 11) is 1.35. The number of rotatable bonds is 2. The van der Waals surface area contributed by atoms with Crippen LogP contribution >= 0.6 is 0 Å². The van der Waals surface area contributed by atoms with Crippen LogP contribution in [0, 0.1) is 15.9 Å². The van der Waals surface area contributed by atoms with Gasteiger partial charge in [0.05, 0.1) is 10.6 Å². The van der Waals surface area contributed by atoms with Crippen LogP contribution in [0.4, 0.5) is 15.8 Å². The zero-order valence-corrected chi connectivity index (χ0v) is 8.23. The number of nitro groups is 1. The van der Waals surface area contributed by atoms with E-state index in [9.17, 15) is 19.3 Å². The molecule has 1 aromatic carbocycles. The number of amides is 1. The molecule has 0 spiro atoms. The van der Waals surface area contributed by atoms with Crippen LogP contribution in [0.3, 0.4) is 0 Å². The second kappa shape index (κ2) is 4.04. The minimum absolute atomic E-state index is 0.100. The van der Waals surface area contributed by atoms with Gasteiger partial charge in [-0.25, -0.2) is 4.39 Å². The lowest BCUT2D eigenvalue weighted by atomic mass is 10.2. The number of halogens is 1. The molecule has 1 aromatic rings. The molecule has 0 aliphatic rings. The van der Waals surface area contributed by atoms with Crippen LogP contribution in [0.25, 0.3) is 0 Å². The smallest absolute Gasteiger partial charge is 0.271 e. The number of carbonyl (C=O) groups excluding carboxylic acids is 1. The van der Waals surface area contributed by atoms with Crippen molar-refractivity contribution in [2.75, 3.05) is 11.9 Å². The van der Waals surface area contributed by atoms with E-state index in [0.29, 0.717) is 0 Å². The van der Waals surface area contributed by atoms with E-state index < -0.39 is 16.6 Å². The summed E-state index contributed by atoms with van der Waals surface area (Å²) in [5.41, 5.74) is -0.351. The van der Waals surface area contributed by atoms with Crippen molar-refractivity contribution < 1.29 is 14.1 Å². The number of hydrogen-bond acceptors (Lipinski definition) is 3. The number of anilines is 1. The third-order valence-electron chi connectivity index (χ3n) is 1.97. The van der Waals surface area contributed by atoms with Crippen molar-refractivity contribution in [3.63, 3.8) is 0 Å². The number of non-ortho nitro benzene ring substituents is 1. The van der Waals surface area contributed by atoms with Gasteiger partial charge in [-0.1, -0.05) is 0 Å². The zero-order chi connectivity index (χ0) is 11.6. The van der Waals surface area contributed by atoms with Gasteiger partial charge in [0.1, 0.15) is 5.82 Å². The number of benzene rings is 1. The normalized spacial score (nSPS) is 9.80. The Morgan fingerprint density at radius 3 is 2.60 bits per heavy atom. The quantitative estimate of drug-likeness (QED) is 0.553. The van der Waals surface area contributed by atoms with E-state index >= 15 is 0 Å². The molecule has 15 heavy (non-hydrogen) atoms. The molecule has 0 radical (unpaired) electrons. The Morgan fingerprint density at radius 1 is 1.53 bits per heavy atom. The summed E-state index contributed by atoms with van der Waals surface area (Å²) < 4.78 is 13.2. The van der Waals surface area contributed by atoms with Crippen molar-refractivity contribution in [3.8, 4) is 0 Å². The van der Waals surface area contributed by atoms with Gasteiger partial charge in [-0.15, -0.1) is 0 Å². The maximum atomic E-state index is 13.2. The lowest BCUT2D eigenvalue weighted by molar-refractivity contribution is -0.384. The Morgan fingerprint density at radius 2 is 2.13 bits per heavy atom. The average molecular weight is 212 g/mol. The molecule has 0 bridgehead atoms. The molecule has 0 aliphatic heterocycles. The molecular formula is C9H9FN2O3. The number of nitrogens with zero attached hydrogens (tertiary/aromatic N) is 2. The molecule has 0 heterocycles. The highest BCUT2D eigenvalue weighted by Gasteiger charge is 2.15. The van der Waals surface area contributed by atoms with Gasteiger partial charge in [0.2, 0.25) is 5.91 Å². The fraction of sp³-hybridized carbons (Fsp3) is 0.222. The predicted molar refractivity (Wildman–Crippen MR) is 52.1 cm³/mol. The minimum atomic E-state index is -0.668. The molecule has 0 N–H and O–H groups in total. The van der Waals surface area contributed by atoms with Gasteiger partial charge in [-0.2, -0.15) is 0 Å². The van der Waals surface area contributed by atoms with Crippen LogP contribution < -0.4 is 4.90 Å². The topological polar surface area (TPSA) is 63.5 Å². The van der Waals surface area contributed by atoms with E-state index in [1.165, 1.54) is 14.0 Å². The van der Waals surface area contributed by atoms with Crippen LogP contribution in [0.15, 0.2) is 18.2 Å². The standard InChI is InChI=1S/C9H9FN2O3/c1-6(13)11(2)9-5-7(12(14)15)3-4-8(9)10/h3-5H,1-2H3. The van der Waals surface area contributed by atoms with E-state index in [0.717, 1.165) is 23.1 Å². The van der Waals surface area contributed by atoms with Gasteiger partial charge in [-0.05, 0) is 6.07 Å². The van der Waals surface area contributed by atoms with Crippen molar-refractivity contribution in [2.45, 2.75) is 6.92 Å². The first-order valence-corrected chi connectivity index (χ1v) is 4.11. The summed E-state index contributed by atoms with van der Waals surface area (Å²) in [5, 5.41) is 10.4. The first-order chi connectivity index (χ1) is 6.93. The highest BCUT2D eigenvalue weighted by molar-refractivity contribution is 5.91. The second-order valence-corrected chi connectivity index (χ2v) is 2.97. The minimum Gasteiger partial charge on any atom is -0.313 e. The molecule has 0 saturated carbocycles. The highest BCUT2D eigenvalue weighted by atomic mass is 19.1. The Hall–Kier alpha value is -1.98. The number of hydrogen-bond donors (Lipinski definition) is 0. The lowest BCUT2D eigenvalue weighted by Gasteiger charge is -2.15. The molecule has 0 aliphatic carbocycles. The summed E-state index contributed by atoms with van der Waals surface area (Å²) >= 11 is 0. The number of nitro benzene ring substituents is 1. The Labute approximate surface area is 85.3 Å². The van der Waals surface area contributed by atoms with Crippen LogP contribution in [0.1, 0.15) is 6.92 Å². The van der Waals surface area contributed by atoms with Gasteiger partial charge in [0, 0.05) is 26.1 Å². The maximum absolute atomic E-state index is 13.2. The maximum Gasteiger partial charge on any atom is 0.271 e. The molecule has 5 nitrogen and oxygen atoms in total. The third-order valence-corrected chi connectivity index (χ3v) is 1.97. The lowest BCUT2D eigenvalue weighted by Crippen LogP contribution is -2.23. The molecule has 1 amide bonds. The predicted octanol–water partition coefficient (Wildman–Crippen LogP) is 1.72. The van der Waals surface area contributed by atoms with Crippen molar-refractivity contribution in [1.82, 2.24) is 0 Å². The fourth-order valence-electron chi connectivity index (χ4n) is 1.04. The molecule has 1 rings (SSSR count). The molecule has 0 unspecified atom stereocenters. The summed E-state index contributed by atoms with van der Waals surface area (Å²) in [6.07, 6.45) is 0. The SMILES string of the molecule is CC(=O)N(C)c1cc([N+](=O)[O-])ccc1F. The fourth-order valence-corrected chi connectivity index (χ4v) is 1.04. The van der Waals surface area contributed by atoms with E-state index in [-0.39, 0.29) is 11.4 Å². The first kappa shape index (κ1) is 11.1. The van der Waals surface area contributed by atoms with Gasteiger partial charge >= 0.3 is 0 Å². The van der Waals surface area contributed by atoms with Crippen LogP contribution in [-0.4, -0.2) is 17.9 Å². The molecule has 80 valence electrons. The first-order valence-electron chi connectivity index (χ1n) is 4.11. The summed E-state index contributed by atoms with van der Waals surface area (Å²) in [6, 6.07) is 3.04. The monoisotopic (exact) mass is 212 g/mol. The summed E-state index contributed by atoms with van der Waals surface area (Å²) in [5.74, 6) is -1.06. The highest BCUT2D eigenvalue weighted by Crippen LogP contribution is 2.23. The largest absolute Gasteiger partial charge is 0.313 e. The Kier molecular flexibility index (Phi) is 2.99. The van der Waals surface area contributed by atoms with Gasteiger partial charge in [0.15, 0.2) is 0 Å². The van der Waals surface area contributed by atoms with Gasteiger partial charge in [-0.3, -0.25) is 14.9 Å². The Balaban J connectivity index is 3.22. The molecular weight excluding hydrogens is 203 g/mol. The van der Waals surface area contributed by atoms with Crippen molar-refractivity contribution in [1.29, 1.82) is 0 Å². The van der Waals surface area contributed by atoms with Crippen LogP contribution in [0.5, 0.6) is 0 Å². The van der Waals surface area contributed by atoms with Gasteiger partial charge < -0.3 is 4.90 Å². The van der Waals surface area contributed by atoms with Crippen molar-refractivity contribution in [2.24, 2.45) is 0 Å². The van der Waals surface area contributed by atoms with Crippen molar-refractivity contribution in [3.05, 3.63) is 34.1 Å². The molecule has 0 fully saturated rings. The van der Waals surface area contributed by atoms with E-state index in [4.69, 9.17) is 0 Å². The zero-order valence-electron chi connectivity index (χ0n) is 8.23. The van der Waals surface area contributed by atoms with Crippen LogP contribution in [0.2, 0.25) is 0 Å². The van der Waals surface area contributed by atoms with Crippen molar-refractivity contribution >= 4 is 17.3 Å². The summed E-state index contributed by atoms with van der Waals surface area (Å²) in [6.45, 7) is 1.25. The van der Waals surface area contributed by atoms with Crippen LogP contribution in [-0.2, 0) is 4.79 Å². The number of carbonyl (C=O) groups is 1. The van der Waals surface area contributed by atoms with E-state index in [1.54, 1.807) is 0 Å². The molecule has 0 atom stereocenters. The molecule has 0 aromatic heterocycles.